The van der Waals surface area contributed by atoms with Gasteiger partial charge in [-0.05, 0) is 18.9 Å². The van der Waals surface area contributed by atoms with Gasteiger partial charge in [-0.2, -0.15) is 13.2 Å². The molecule has 30 heavy (non-hydrogen) atoms. The molecule has 2 heterocycles. The van der Waals surface area contributed by atoms with E-state index in [-0.39, 0.29) is 16.7 Å². The highest BCUT2D eigenvalue weighted by molar-refractivity contribution is 6.33. The Bertz CT molecular complexity index is 816. The molecule has 2 amide bonds. The zero-order valence-electron chi connectivity index (χ0n) is 16.8. The van der Waals surface area contributed by atoms with E-state index >= 15 is 0 Å². The van der Waals surface area contributed by atoms with Gasteiger partial charge in [0.25, 0.3) is 5.91 Å². The number of hydrogen-bond donors (Lipinski definition) is 1. The molecule has 0 saturated carbocycles. The Morgan fingerprint density at radius 3 is 2.33 bits per heavy atom. The third-order valence-corrected chi connectivity index (χ3v) is 4.82. The summed E-state index contributed by atoms with van der Waals surface area (Å²) in [6.45, 7) is 5.70. The van der Waals surface area contributed by atoms with Crippen molar-refractivity contribution in [2.75, 3.05) is 25.0 Å². The lowest BCUT2D eigenvalue weighted by molar-refractivity contribution is -0.155. The lowest BCUT2D eigenvalue weighted by atomic mass is 9.91. The van der Waals surface area contributed by atoms with Crippen LogP contribution in [0.15, 0.2) is 12.3 Å². The first-order valence-corrected chi connectivity index (χ1v) is 9.65. The first kappa shape index (κ1) is 23.9. The molecule has 1 aromatic heterocycles. The van der Waals surface area contributed by atoms with Crippen LogP contribution < -0.4 is 5.32 Å². The third kappa shape index (κ3) is 6.32. The van der Waals surface area contributed by atoms with Crippen molar-refractivity contribution in [2.45, 2.75) is 39.8 Å². The van der Waals surface area contributed by atoms with Gasteiger partial charge in [0.15, 0.2) is 12.4 Å². The molecule has 0 radical (unpaired) electrons. The van der Waals surface area contributed by atoms with Crippen molar-refractivity contribution in [3.05, 3.63) is 22.8 Å². The van der Waals surface area contributed by atoms with Crippen LogP contribution in [-0.2, 0) is 25.3 Å². The molecule has 1 N–H and O–H groups in total. The lowest BCUT2D eigenvalue weighted by Crippen LogP contribution is -2.45. The molecule has 2 rings (SSSR count). The minimum Gasteiger partial charge on any atom is -0.455 e. The number of esters is 1. The molecule has 0 unspecified atom stereocenters. The molecule has 0 atom stereocenters. The summed E-state index contributed by atoms with van der Waals surface area (Å²) in [5, 5.41) is 1.82. The van der Waals surface area contributed by atoms with Gasteiger partial charge < -0.3 is 15.0 Å². The zero-order valence-corrected chi connectivity index (χ0v) is 17.6. The number of pyridine rings is 1. The van der Waals surface area contributed by atoms with Crippen molar-refractivity contribution >= 4 is 35.2 Å². The van der Waals surface area contributed by atoms with E-state index in [0.717, 1.165) is 0 Å². The second-order valence-electron chi connectivity index (χ2n) is 8.02. The number of carbonyl (C=O) groups is 3. The molecular weight excluding hydrogens is 427 g/mol. The van der Waals surface area contributed by atoms with Crippen LogP contribution in [0.5, 0.6) is 0 Å². The predicted octanol–water partition coefficient (Wildman–Crippen LogP) is 3.52. The number of rotatable bonds is 4. The Kier molecular flexibility index (Phi) is 7.33. The number of carbonyl (C=O) groups excluding carboxylic acids is 3. The number of ether oxygens (including phenoxy) is 1. The van der Waals surface area contributed by atoms with E-state index in [0.29, 0.717) is 38.2 Å². The molecule has 1 fully saturated rings. The van der Waals surface area contributed by atoms with Gasteiger partial charge in [0.2, 0.25) is 5.91 Å². The van der Waals surface area contributed by atoms with Gasteiger partial charge in [-0.3, -0.25) is 14.4 Å². The van der Waals surface area contributed by atoms with Crippen molar-refractivity contribution < 1.29 is 32.3 Å². The van der Waals surface area contributed by atoms with E-state index in [4.69, 9.17) is 16.3 Å². The number of piperidine rings is 1. The molecule has 1 aliphatic heterocycles. The van der Waals surface area contributed by atoms with Crippen LogP contribution in [0.1, 0.15) is 39.2 Å². The maximum atomic E-state index is 12.6. The van der Waals surface area contributed by atoms with E-state index in [9.17, 15) is 27.6 Å². The molecule has 1 saturated heterocycles. The lowest BCUT2D eigenvalue weighted by Gasteiger charge is -2.34. The summed E-state index contributed by atoms with van der Waals surface area (Å²) in [7, 11) is 0. The standard InChI is InChI=1S/C19H23ClF3N3O4/c1-18(2,3)17(29)26-6-4-11(5-7-26)16(28)30-10-14(27)25-15-13(20)8-12(9-24-15)19(21,22)23/h8-9,11H,4-7,10H2,1-3H3,(H,24,25,27). The molecule has 1 aliphatic rings. The van der Waals surface area contributed by atoms with Gasteiger partial charge in [0.05, 0.1) is 16.5 Å². The minimum atomic E-state index is -4.61. The summed E-state index contributed by atoms with van der Waals surface area (Å²) < 4.78 is 42.8. The average molecular weight is 450 g/mol. The molecule has 11 heteroatoms. The van der Waals surface area contributed by atoms with Gasteiger partial charge in [-0.25, -0.2) is 4.98 Å². The maximum absolute atomic E-state index is 12.6. The highest BCUT2D eigenvalue weighted by Gasteiger charge is 2.33. The first-order chi connectivity index (χ1) is 13.8. The molecule has 0 bridgehead atoms. The van der Waals surface area contributed by atoms with Gasteiger partial charge in [0.1, 0.15) is 0 Å². The highest BCUT2D eigenvalue weighted by Crippen LogP contribution is 2.32. The van der Waals surface area contributed by atoms with Crippen LogP contribution in [0, 0.1) is 11.3 Å². The minimum absolute atomic E-state index is 0.00890. The molecule has 7 nitrogen and oxygen atoms in total. The number of likely N-dealkylation sites (tertiary alicyclic amines) is 1. The molecule has 0 spiro atoms. The normalized spacial score (nSPS) is 15.6. The van der Waals surface area contributed by atoms with Crippen LogP contribution in [0.2, 0.25) is 5.02 Å². The maximum Gasteiger partial charge on any atom is 0.417 e. The summed E-state index contributed by atoms with van der Waals surface area (Å²) in [5.41, 5.74) is -1.55. The van der Waals surface area contributed by atoms with Crippen LogP contribution in [0.4, 0.5) is 19.0 Å². The van der Waals surface area contributed by atoms with E-state index in [1.165, 1.54) is 0 Å². The number of nitrogens with one attached hydrogen (secondary N) is 1. The van der Waals surface area contributed by atoms with Crippen molar-refractivity contribution in [3.8, 4) is 0 Å². The first-order valence-electron chi connectivity index (χ1n) is 9.27. The fourth-order valence-corrected chi connectivity index (χ4v) is 3.11. The summed E-state index contributed by atoms with van der Waals surface area (Å²) in [6, 6.07) is 0.642. The molecule has 1 aromatic rings. The van der Waals surface area contributed by atoms with Gasteiger partial charge >= 0.3 is 12.1 Å². The third-order valence-electron chi connectivity index (χ3n) is 4.53. The number of amides is 2. The topological polar surface area (TPSA) is 88.6 Å². The Morgan fingerprint density at radius 1 is 1.23 bits per heavy atom. The Hall–Kier alpha value is -2.36. The van der Waals surface area contributed by atoms with Crippen LogP contribution in [-0.4, -0.2) is 47.4 Å². The van der Waals surface area contributed by atoms with E-state index in [1.807, 2.05) is 20.8 Å². The van der Waals surface area contributed by atoms with Crippen molar-refractivity contribution in [1.29, 1.82) is 0 Å². The fourth-order valence-electron chi connectivity index (χ4n) is 2.90. The second kappa shape index (κ2) is 9.20. The number of alkyl halides is 3. The van der Waals surface area contributed by atoms with E-state index < -0.39 is 41.6 Å². The average Bonchev–Trinajstić information content (AvgIpc) is 2.65. The second-order valence-corrected chi connectivity index (χ2v) is 8.43. The quantitative estimate of drug-likeness (QED) is 0.710. The van der Waals surface area contributed by atoms with Crippen LogP contribution in [0.25, 0.3) is 0 Å². The highest BCUT2D eigenvalue weighted by atomic mass is 35.5. The van der Waals surface area contributed by atoms with Gasteiger partial charge in [0, 0.05) is 24.7 Å². The Balaban J connectivity index is 1.82. The summed E-state index contributed by atoms with van der Waals surface area (Å²) in [4.78, 5) is 41.6. The number of anilines is 1. The molecule has 0 aliphatic carbocycles. The van der Waals surface area contributed by atoms with Crippen LogP contribution in [0.3, 0.4) is 0 Å². The van der Waals surface area contributed by atoms with Crippen molar-refractivity contribution in [3.63, 3.8) is 0 Å². The predicted molar refractivity (Wildman–Crippen MR) is 103 cm³/mol. The number of nitrogens with zero attached hydrogens (tertiary/aromatic N) is 2. The number of halogens is 4. The SMILES string of the molecule is CC(C)(C)C(=O)N1CCC(C(=O)OCC(=O)Nc2ncc(C(F)(F)F)cc2Cl)CC1. The molecule has 0 aromatic carbocycles. The molecule has 166 valence electrons. The monoisotopic (exact) mass is 449 g/mol. The largest absolute Gasteiger partial charge is 0.455 e. The number of hydrogen-bond acceptors (Lipinski definition) is 5. The van der Waals surface area contributed by atoms with Crippen LogP contribution >= 0.6 is 11.6 Å². The smallest absolute Gasteiger partial charge is 0.417 e. The van der Waals surface area contributed by atoms with Crippen molar-refractivity contribution in [2.24, 2.45) is 11.3 Å². The van der Waals surface area contributed by atoms with E-state index in [2.05, 4.69) is 10.3 Å². The van der Waals surface area contributed by atoms with E-state index in [1.54, 1.807) is 4.90 Å². The zero-order chi connectivity index (χ0) is 22.7. The fraction of sp³-hybridized carbons (Fsp3) is 0.579. The molecular formula is C19H23ClF3N3O4. The van der Waals surface area contributed by atoms with Gasteiger partial charge in [-0.1, -0.05) is 32.4 Å². The van der Waals surface area contributed by atoms with Crippen molar-refractivity contribution in [1.82, 2.24) is 9.88 Å². The summed E-state index contributed by atoms with van der Waals surface area (Å²) in [5.74, 6) is -2.04. The Morgan fingerprint density at radius 2 is 1.83 bits per heavy atom. The van der Waals surface area contributed by atoms with Gasteiger partial charge in [-0.15, -0.1) is 0 Å². The summed E-state index contributed by atoms with van der Waals surface area (Å²) >= 11 is 5.72. The summed E-state index contributed by atoms with van der Waals surface area (Å²) in [6.07, 6.45) is -3.22. The Labute approximate surface area is 176 Å². The number of aromatic nitrogens is 1.